The third-order valence-electron chi connectivity index (χ3n) is 2.23. The van der Waals surface area contributed by atoms with Crippen molar-refractivity contribution in [1.82, 2.24) is 15.1 Å². The molecule has 0 atom stereocenters. The third-order valence-corrected chi connectivity index (χ3v) is 3.20. The van der Waals surface area contributed by atoms with Gasteiger partial charge in [-0.25, -0.2) is 0 Å². The van der Waals surface area contributed by atoms with E-state index in [1.807, 2.05) is 25.2 Å². The second kappa shape index (κ2) is 5.44. The van der Waals surface area contributed by atoms with E-state index in [-0.39, 0.29) is 0 Å². The van der Waals surface area contributed by atoms with Gasteiger partial charge in [-0.1, -0.05) is 35.1 Å². The Morgan fingerprint density at radius 2 is 2.18 bits per heavy atom. The fraction of sp³-hybridized carbons (Fsp3) is 0.273. The maximum absolute atomic E-state index is 5.94. The molecular weight excluding hydrogens is 256 g/mol. The highest BCUT2D eigenvalue weighted by atomic mass is 35.5. The van der Waals surface area contributed by atoms with E-state index in [1.165, 1.54) is 16.9 Å². The SMILES string of the molecule is CN(Cc1cccc(Cl)c1)Cc1nnc(N)s1. The van der Waals surface area contributed by atoms with Gasteiger partial charge in [0.1, 0.15) is 5.01 Å². The van der Waals surface area contributed by atoms with Crippen molar-refractivity contribution < 1.29 is 0 Å². The van der Waals surface area contributed by atoms with Gasteiger partial charge in [0.25, 0.3) is 0 Å². The van der Waals surface area contributed by atoms with Crippen LogP contribution < -0.4 is 5.73 Å². The van der Waals surface area contributed by atoms with Gasteiger partial charge in [0.2, 0.25) is 5.13 Å². The normalized spacial score (nSPS) is 11.0. The molecule has 0 radical (unpaired) electrons. The summed E-state index contributed by atoms with van der Waals surface area (Å²) in [5.41, 5.74) is 6.71. The fourth-order valence-corrected chi connectivity index (χ4v) is 2.47. The highest BCUT2D eigenvalue weighted by molar-refractivity contribution is 7.15. The molecular formula is C11H13ClN4S. The molecule has 0 unspecified atom stereocenters. The van der Waals surface area contributed by atoms with Gasteiger partial charge in [-0.15, -0.1) is 10.2 Å². The predicted octanol–water partition coefficient (Wildman–Crippen LogP) is 2.41. The van der Waals surface area contributed by atoms with Crippen molar-refractivity contribution in [1.29, 1.82) is 0 Å². The van der Waals surface area contributed by atoms with Crippen LogP contribution >= 0.6 is 22.9 Å². The predicted molar refractivity (Wildman–Crippen MR) is 70.9 cm³/mol. The number of halogens is 1. The van der Waals surface area contributed by atoms with Crippen LogP contribution in [0.25, 0.3) is 0 Å². The Morgan fingerprint density at radius 1 is 1.35 bits per heavy atom. The van der Waals surface area contributed by atoms with E-state index in [0.29, 0.717) is 5.13 Å². The molecule has 2 rings (SSSR count). The Labute approximate surface area is 109 Å². The molecule has 1 heterocycles. The molecule has 1 aromatic heterocycles. The van der Waals surface area contributed by atoms with Crippen molar-refractivity contribution >= 4 is 28.1 Å². The molecule has 1 aromatic carbocycles. The molecule has 0 fully saturated rings. The molecule has 0 aliphatic heterocycles. The van der Waals surface area contributed by atoms with Crippen LogP contribution in [0.4, 0.5) is 5.13 Å². The van der Waals surface area contributed by atoms with E-state index >= 15 is 0 Å². The Bertz CT molecular complexity index is 500. The number of hydrogen-bond acceptors (Lipinski definition) is 5. The summed E-state index contributed by atoms with van der Waals surface area (Å²) in [6.45, 7) is 1.56. The summed E-state index contributed by atoms with van der Waals surface area (Å²) in [5.74, 6) is 0. The summed E-state index contributed by atoms with van der Waals surface area (Å²) in [6.07, 6.45) is 0. The van der Waals surface area contributed by atoms with E-state index in [1.54, 1.807) is 0 Å². The lowest BCUT2D eigenvalue weighted by Crippen LogP contribution is -2.17. The number of nitrogen functional groups attached to an aromatic ring is 1. The van der Waals surface area contributed by atoms with Crippen molar-refractivity contribution in [2.24, 2.45) is 0 Å². The molecule has 4 nitrogen and oxygen atoms in total. The van der Waals surface area contributed by atoms with Gasteiger partial charge in [-0.2, -0.15) is 0 Å². The summed E-state index contributed by atoms with van der Waals surface area (Å²) in [7, 11) is 2.03. The van der Waals surface area contributed by atoms with Gasteiger partial charge < -0.3 is 5.73 Å². The van der Waals surface area contributed by atoms with Crippen molar-refractivity contribution in [3.63, 3.8) is 0 Å². The number of nitrogens with zero attached hydrogens (tertiary/aromatic N) is 3. The van der Waals surface area contributed by atoms with E-state index in [4.69, 9.17) is 17.3 Å². The van der Waals surface area contributed by atoms with Crippen LogP contribution in [0.2, 0.25) is 5.02 Å². The van der Waals surface area contributed by atoms with E-state index in [9.17, 15) is 0 Å². The maximum Gasteiger partial charge on any atom is 0.203 e. The summed E-state index contributed by atoms with van der Waals surface area (Å²) >= 11 is 7.35. The van der Waals surface area contributed by atoms with Crippen LogP contribution in [0.15, 0.2) is 24.3 Å². The minimum atomic E-state index is 0.510. The summed E-state index contributed by atoms with van der Waals surface area (Å²) in [4.78, 5) is 2.14. The van der Waals surface area contributed by atoms with Crippen molar-refractivity contribution in [2.75, 3.05) is 12.8 Å². The van der Waals surface area contributed by atoms with Crippen LogP contribution in [-0.4, -0.2) is 22.1 Å². The maximum atomic E-state index is 5.94. The molecule has 0 saturated heterocycles. The highest BCUT2D eigenvalue weighted by Crippen LogP contribution is 2.16. The zero-order chi connectivity index (χ0) is 12.3. The Kier molecular flexibility index (Phi) is 3.93. The molecule has 0 saturated carbocycles. The first-order valence-corrected chi connectivity index (χ1v) is 6.34. The number of anilines is 1. The first-order valence-electron chi connectivity index (χ1n) is 5.14. The molecule has 2 N–H and O–H groups in total. The van der Waals surface area contributed by atoms with Gasteiger partial charge in [-0.05, 0) is 24.7 Å². The molecule has 0 spiro atoms. The minimum Gasteiger partial charge on any atom is -0.374 e. The second-order valence-electron chi connectivity index (χ2n) is 3.84. The lowest BCUT2D eigenvalue weighted by Gasteiger charge is -2.14. The Morgan fingerprint density at radius 3 is 2.82 bits per heavy atom. The molecule has 6 heteroatoms. The number of rotatable bonds is 4. The van der Waals surface area contributed by atoms with Crippen molar-refractivity contribution in [3.05, 3.63) is 39.9 Å². The zero-order valence-corrected chi connectivity index (χ0v) is 11.0. The first kappa shape index (κ1) is 12.3. The summed E-state index contributed by atoms with van der Waals surface area (Å²) in [6, 6.07) is 7.84. The van der Waals surface area contributed by atoms with E-state index in [2.05, 4.69) is 21.2 Å². The first-order chi connectivity index (χ1) is 8.13. The number of nitrogens with two attached hydrogens (primary N) is 1. The number of aromatic nitrogens is 2. The van der Waals surface area contributed by atoms with Gasteiger partial charge in [0.05, 0.1) is 6.54 Å². The monoisotopic (exact) mass is 268 g/mol. The molecule has 2 aromatic rings. The minimum absolute atomic E-state index is 0.510. The van der Waals surface area contributed by atoms with Gasteiger partial charge in [0.15, 0.2) is 0 Å². The molecule has 0 aliphatic carbocycles. The highest BCUT2D eigenvalue weighted by Gasteiger charge is 2.06. The van der Waals surface area contributed by atoms with Crippen LogP contribution in [0.5, 0.6) is 0 Å². The topological polar surface area (TPSA) is 55.0 Å². The van der Waals surface area contributed by atoms with Gasteiger partial charge in [0, 0.05) is 11.6 Å². The lowest BCUT2D eigenvalue weighted by atomic mass is 10.2. The lowest BCUT2D eigenvalue weighted by molar-refractivity contribution is 0.317. The number of hydrogen-bond donors (Lipinski definition) is 1. The van der Waals surface area contributed by atoms with Crippen LogP contribution in [0, 0.1) is 0 Å². The third kappa shape index (κ3) is 3.66. The fourth-order valence-electron chi connectivity index (χ4n) is 1.56. The second-order valence-corrected chi connectivity index (χ2v) is 5.37. The number of benzene rings is 1. The van der Waals surface area contributed by atoms with Crippen LogP contribution in [0.3, 0.4) is 0 Å². The van der Waals surface area contributed by atoms with Crippen LogP contribution in [0.1, 0.15) is 10.6 Å². The smallest absolute Gasteiger partial charge is 0.203 e. The van der Waals surface area contributed by atoms with Crippen LogP contribution in [-0.2, 0) is 13.1 Å². The summed E-state index contributed by atoms with van der Waals surface area (Å²) < 4.78 is 0. The quantitative estimate of drug-likeness (QED) is 0.925. The Hall–Kier alpha value is -1.17. The molecule has 17 heavy (non-hydrogen) atoms. The van der Waals surface area contributed by atoms with Gasteiger partial charge in [-0.3, -0.25) is 4.90 Å². The standard InChI is InChI=1S/C11H13ClN4S/c1-16(7-10-14-15-11(13)17-10)6-8-3-2-4-9(12)5-8/h2-5H,6-7H2,1H3,(H2,13,15). The van der Waals surface area contributed by atoms with E-state index < -0.39 is 0 Å². The van der Waals surface area contributed by atoms with E-state index in [0.717, 1.165) is 23.1 Å². The molecule has 0 bridgehead atoms. The van der Waals surface area contributed by atoms with Crippen molar-refractivity contribution in [3.8, 4) is 0 Å². The summed E-state index contributed by atoms with van der Waals surface area (Å²) in [5, 5.41) is 9.97. The van der Waals surface area contributed by atoms with Crippen molar-refractivity contribution in [2.45, 2.75) is 13.1 Å². The van der Waals surface area contributed by atoms with Gasteiger partial charge >= 0.3 is 0 Å². The zero-order valence-electron chi connectivity index (χ0n) is 9.43. The Balaban J connectivity index is 1.95. The largest absolute Gasteiger partial charge is 0.374 e. The molecule has 0 aliphatic rings. The molecule has 0 amide bonds. The average molecular weight is 269 g/mol. The molecule has 90 valence electrons. The average Bonchev–Trinajstić information content (AvgIpc) is 2.63.